The number of H-pyrrole nitrogens is 1. The molecule has 0 fully saturated rings. The van der Waals surface area contributed by atoms with Gasteiger partial charge in [-0.1, -0.05) is 73.5 Å². The van der Waals surface area contributed by atoms with Crippen molar-refractivity contribution in [3.05, 3.63) is 154 Å². The molecule has 2 aromatic heterocycles. The molecule has 0 saturated carbocycles. The summed E-state index contributed by atoms with van der Waals surface area (Å²) in [5.41, 5.74) is 9.76. The number of hydrazone groups is 1. The van der Waals surface area contributed by atoms with Gasteiger partial charge < -0.3 is 20.3 Å². The molecular formula is C45H45N7O7S. The van der Waals surface area contributed by atoms with Crippen LogP contribution in [0, 0.1) is 0 Å². The van der Waals surface area contributed by atoms with Crippen molar-refractivity contribution in [2.75, 3.05) is 18.5 Å². The van der Waals surface area contributed by atoms with E-state index in [2.05, 4.69) is 25.8 Å². The topological polar surface area (TPSA) is 207 Å². The molecule has 1 unspecified atom stereocenters. The zero-order chi connectivity index (χ0) is 42.1. The van der Waals surface area contributed by atoms with Crippen molar-refractivity contribution in [3.8, 4) is 0 Å². The number of nitrogens with zero attached hydrogens (tertiary/aromatic N) is 4. The van der Waals surface area contributed by atoms with Gasteiger partial charge in [0.2, 0.25) is 0 Å². The molecule has 6 aromatic rings. The van der Waals surface area contributed by atoms with Crippen LogP contribution in [0.5, 0.6) is 0 Å². The fraction of sp³-hybridized carbons (Fsp3) is 0.244. The minimum Gasteiger partial charge on any atom is -0.481 e. The second-order valence-corrected chi connectivity index (χ2v) is 16.2. The molecule has 7 rings (SSSR count). The van der Waals surface area contributed by atoms with Crippen molar-refractivity contribution in [3.63, 3.8) is 0 Å². The average molecular weight is 828 g/mol. The summed E-state index contributed by atoms with van der Waals surface area (Å²) in [6.07, 6.45) is 7.07. The third-order valence-corrected chi connectivity index (χ3v) is 11.5. The van der Waals surface area contributed by atoms with Crippen LogP contribution in [0.2, 0.25) is 0 Å². The first-order valence-corrected chi connectivity index (χ1v) is 21.2. The molecule has 308 valence electrons. The summed E-state index contributed by atoms with van der Waals surface area (Å²) >= 11 is 0. The Morgan fingerprint density at radius 1 is 0.867 bits per heavy atom. The third-order valence-electron chi connectivity index (χ3n) is 10.5. The molecule has 60 heavy (non-hydrogen) atoms. The maximum atomic E-state index is 14.3. The van der Waals surface area contributed by atoms with Gasteiger partial charge in [-0.25, -0.2) is 9.97 Å². The number of anilines is 1. The van der Waals surface area contributed by atoms with E-state index in [1.807, 2.05) is 71.6 Å². The monoisotopic (exact) mass is 827 g/mol. The Labute approximate surface area is 347 Å². The van der Waals surface area contributed by atoms with Gasteiger partial charge in [-0.05, 0) is 96.3 Å². The number of unbranched alkanes of at least 4 members (excludes halogenated alkanes) is 3. The van der Waals surface area contributed by atoms with Crippen LogP contribution in [0.25, 0.3) is 11.0 Å². The Morgan fingerprint density at radius 3 is 2.43 bits per heavy atom. The lowest BCUT2D eigenvalue weighted by Crippen LogP contribution is -2.32. The first-order chi connectivity index (χ1) is 29.0. The summed E-state index contributed by atoms with van der Waals surface area (Å²) in [5.74, 6) is -0.326. The Hall–Kier alpha value is -6.71. The summed E-state index contributed by atoms with van der Waals surface area (Å²) in [7, 11) is -4.41. The molecule has 14 nitrogen and oxygen atoms in total. The van der Waals surface area contributed by atoms with Gasteiger partial charge in [0.25, 0.3) is 21.9 Å². The number of aromatic nitrogens is 3. The van der Waals surface area contributed by atoms with Crippen LogP contribution in [-0.4, -0.2) is 75.0 Å². The number of nitrogens with one attached hydrogen (secondary N) is 3. The number of aliphatic carboxylic acids is 1. The second kappa shape index (κ2) is 18.9. The predicted molar refractivity (Wildman–Crippen MR) is 228 cm³/mol. The summed E-state index contributed by atoms with van der Waals surface area (Å²) < 4.78 is 32.6. The lowest BCUT2D eigenvalue weighted by molar-refractivity contribution is -0.137. The van der Waals surface area contributed by atoms with Crippen molar-refractivity contribution in [2.24, 2.45) is 5.10 Å². The molecule has 1 aliphatic carbocycles. The number of hydrogen-bond donors (Lipinski definition) is 5. The number of carboxylic acids is 1. The maximum Gasteiger partial charge on any atom is 0.303 e. The normalized spacial score (nSPS) is 13.7. The number of pyridine rings is 1. The summed E-state index contributed by atoms with van der Waals surface area (Å²) in [5, 5.41) is 16.6. The van der Waals surface area contributed by atoms with Gasteiger partial charge in [0.1, 0.15) is 16.5 Å². The summed E-state index contributed by atoms with van der Waals surface area (Å²) in [6.45, 7) is 1.27. The smallest absolute Gasteiger partial charge is 0.303 e. The molecule has 5 N–H and O–H groups in total. The standard InChI is InChI=1S/C45H45N7O7S/c53-43(54)26-36-23-30-17-18-32(25-35(30)24-31-11-3-5-13-37(31)36)45(56)52(29-42-49-38-14-6-7-15-39(38)50-42)22-10-2-1-9-21-46-44(55)34-19-20-41(47-27-34)51-48-28-33-12-4-8-16-40(33)60(57,58)59/h3-8,11-20,25,27-28,36H,1-2,9-10,21-24,26,29H2,(H,46,55)(H,47,51)(H,49,50)(H,53,54)(H,57,58,59)/b48-28+. The first-order valence-electron chi connectivity index (χ1n) is 19.8. The number of carbonyl (C=O) groups excluding carboxylic acids is 2. The SMILES string of the molecule is O=C(O)CC1Cc2ccc(C(=O)N(CCCCCCNC(=O)c3ccc(N/N=C/c4ccccc4S(=O)(=O)O)nc3)Cc3nc4ccccc4[nH]3)cc2Cc2ccccc21. The predicted octanol–water partition coefficient (Wildman–Crippen LogP) is 6.99. The van der Waals surface area contributed by atoms with Crippen LogP contribution in [0.15, 0.2) is 119 Å². The van der Waals surface area contributed by atoms with E-state index in [9.17, 15) is 32.5 Å². The highest BCUT2D eigenvalue weighted by molar-refractivity contribution is 7.86. The molecule has 2 heterocycles. The Balaban J connectivity index is 0.925. The number of aromatic amines is 1. The van der Waals surface area contributed by atoms with Gasteiger partial charge >= 0.3 is 5.97 Å². The largest absolute Gasteiger partial charge is 0.481 e. The number of imidazole rings is 1. The van der Waals surface area contributed by atoms with Crippen molar-refractivity contribution < 1.29 is 32.5 Å². The summed E-state index contributed by atoms with van der Waals surface area (Å²) in [4.78, 5) is 52.7. The van der Waals surface area contributed by atoms with Gasteiger partial charge in [0.05, 0.1) is 35.8 Å². The molecule has 4 aromatic carbocycles. The van der Waals surface area contributed by atoms with Gasteiger partial charge in [0.15, 0.2) is 0 Å². The van der Waals surface area contributed by atoms with Crippen molar-refractivity contribution in [2.45, 2.75) is 62.3 Å². The maximum absolute atomic E-state index is 14.3. The molecular weight excluding hydrogens is 783 g/mol. The zero-order valence-electron chi connectivity index (χ0n) is 32.8. The molecule has 2 amide bonds. The highest BCUT2D eigenvalue weighted by Gasteiger charge is 2.26. The summed E-state index contributed by atoms with van der Waals surface area (Å²) in [6, 6.07) is 30.6. The van der Waals surface area contributed by atoms with Crippen LogP contribution < -0.4 is 10.7 Å². The number of amides is 2. The highest BCUT2D eigenvalue weighted by atomic mass is 32.2. The number of para-hydroxylation sites is 2. The molecule has 0 radical (unpaired) electrons. The fourth-order valence-electron chi connectivity index (χ4n) is 7.56. The number of carboxylic acid groups (broad SMARTS) is 1. The van der Waals surface area contributed by atoms with E-state index in [1.54, 1.807) is 18.2 Å². The minimum atomic E-state index is -4.41. The molecule has 0 spiro atoms. The van der Waals surface area contributed by atoms with E-state index in [0.29, 0.717) is 55.2 Å². The second-order valence-electron chi connectivity index (χ2n) is 14.8. The number of benzene rings is 4. The van der Waals surface area contributed by atoms with Gasteiger partial charge in [0, 0.05) is 30.4 Å². The van der Waals surface area contributed by atoms with Gasteiger partial charge in [-0.2, -0.15) is 13.5 Å². The van der Waals surface area contributed by atoms with E-state index in [-0.39, 0.29) is 34.6 Å². The number of hydrogen-bond acceptors (Lipinski definition) is 9. The lowest BCUT2D eigenvalue weighted by atomic mass is 9.89. The van der Waals surface area contributed by atoms with Crippen molar-refractivity contribution in [1.29, 1.82) is 0 Å². The molecule has 1 aliphatic rings. The van der Waals surface area contributed by atoms with Crippen LogP contribution in [0.1, 0.15) is 92.4 Å². The average Bonchev–Trinajstić information content (AvgIpc) is 3.58. The molecule has 0 aliphatic heterocycles. The van der Waals surface area contributed by atoms with E-state index in [0.717, 1.165) is 59.0 Å². The molecule has 0 bridgehead atoms. The third kappa shape index (κ3) is 10.5. The van der Waals surface area contributed by atoms with Crippen molar-refractivity contribution in [1.82, 2.24) is 25.2 Å². The van der Waals surface area contributed by atoms with E-state index in [1.165, 1.54) is 30.6 Å². The van der Waals surface area contributed by atoms with Crippen LogP contribution >= 0.6 is 0 Å². The van der Waals surface area contributed by atoms with Crippen molar-refractivity contribution >= 4 is 51.0 Å². The molecule has 15 heteroatoms. The number of carbonyl (C=O) groups is 3. The lowest BCUT2D eigenvalue weighted by Gasteiger charge is -2.23. The van der Waals surface area contributed by atoms with Crippen LogP contribution in [0.4, 0.5) is 5.82 Å². The zero-order valence-corrected chi connectivity index (χ0v) is 33.6. The Morgan fingerprint density at radius 2 is 1.63 bits per heavy atom. The fourth-order valence-corrected chi connectivity index (χ4v) is 8.22. The van der Waals surface area contributed by atoms with Gasteiger partial charge in [-0.15, -0.1) is 0 Å². The number of rotatable bonds is 17. The van der Waals surface area contributed by atoms with Gasteiger partial charge in [-0.3, -0.25) is 24.4 Å². The highest BCUT2D eigenvalue weighted by Crippen LogP contribution is 2.34. The van der Waals surface area contributed by atoms with E-state index in [4.69, 9.17) is 4.98 Å². The minimum absolute atomic E-state index is 0.0415. The van der Waals surface area contributed by atoms with E-state index >= 15 is 0 Å². The Kier molecular flexibility index (Phi) is 13.1. The molecule has 1 atom stereocenters. The number of fused-ring (bicyclic) bond motifs is 3. The Bertz CT molecular complexity index is 2610. The molecule has 0 saturated heterocycles. The van der Waals surface area contributed by atoms with E-state index < -0.39 is 16.1 Å². The quantitative estimate of drug-likeness (QED) is 0.0276. The van der Waals surface area contributed by atoms with Crippen LogP contribution in [-0.2, 0) is 34.3 Å². The van der Waals surface area contributed by atoms with Crippen LogP contribution in [0.3, 0.4) is 0 Å². The first kappa shape index (κ1) is 41.4.